The number of sulfonamides is 1. The molecule has 0 spiro atoms. The summed E-state index contributed by atoms with van der Waals surface area (Å²) in [7, 11) is -6.21. The molecule has 1 N–H and O–H groups in total. The molecule has 1 aliphatic rings. The van der Waals surface area contributed by atoms with Gasteiger partial charge in [0.15, 0.2) is 9.84 Å². The number of rotatable bonds is 3. The van der Waals surface area contributed by atoms with Crippen LogP contribution in [-0.4, -0.2) is 56.9 Å². The lowest BCUT2D eigenvalue weighted by molar-refractivity contribution is 0.137. The van der Waals surface area contributed by atoms with Crippen molar-refractivity contribution in [3.8, 4) is 6.07 Å². The molecule has 0 aromatic heterocycles. The number of nitriles is 1. The van der Waals surface area contributed by atoms with E-state index in [2.05, 4.69) is 0 Å². The molecule has 2 atom stereocenters. The molecule has 0 saturated carbocycles. The predicted molar refractivity (Wildman–Crippen MR) is 74.6 cm³/mol. The maximum absolute atomic E-state index is 12.5. The molecule has 21 heavy (non-hydrogen) atoms. The zero-order valence-electron chi connectivity index (χ0n) is 11.2. The average Bonchev–Trinajstić information content (AvgIpc) is 2.71. The molecule has 1 aliphatic heterocycles. The second kappa shape index (κ2) is 5.38. The summed E-state index contributed by atoms with van der Waals surface area (Å²) in [5.41, 5.74) is 0.184. The van der Waals surface area contributed by atoms with Gasteiger partial charge in [0, 0.05) is 7.05 Å². The molecule has 1 fully saturated rings. The molecule has 1 aromatic rings. The number of hydrogen-bond acceptors (Lipinski definition) is 6. The highest BCUT2D eigenvalue weighted by molar-refractivity contribution is 7.92. The molecule has 0 radical (unpaired) electrons. The summed E-state index contributed by atoms with van der Waals surface area (Å²) in [4.78, 5) is -0.111. The van der Waals surface area contributed by atoms with Crippen LogP contribution >= 0.6 is 0 Å². The number of aliphatic hydroxyl groups excluding tert-OH is 1. The molecule has 7 nitrogen and oxygen atoms in total. The lowest BCUT2D eigenvalue weighted by Crippen LogP contribution is -2.44. The van der Waals surface area contributed by atoms with Crippen LogP contribution in [0.1, 0.15) is 5.56 Å². The first kappa shape index (κ1) is 15.9. The Morgan fingerprint density at radius 2 is 2.05 bits per heavy atom. The summed E-state index contributed by atoms with van der Waals surface area (Å²) >= 11 is 0. The number of sulfone groups is 1. The third kappa shape index (κ3) is 3.08. The summed E-state index contributed by atoms with van der Waals surface area (Å²) in [5.74, 6) is -0.863. The summed E-state index contributed by atoms with van der Waals surface area (Å²) < 4.78 is 48.8. The number of nitrogens with zero attached hydrogens (tertiary/aromatic N) is 2. The lowest BCUT2D eigenvalue weighted by Gasteiger charge is -2.25. The number of likely N-dealkylation sites (N-methyl/N-ethyl adjacent to an activating group) is 1. The van der Waals surface area contributed by atoms with E-state index >= 15 is 0 Å². The van der Waals surface area contributed by atoms with Gasteiger partial charge in [0.1, 0.15) is 0 Å². The van der Waals surface area contributed by atoms with Crippen LogP contribution in [-0.2, 0) is 19.9 Å². The van der Waals surface area contributed by atoms with Crippen molar-refractivity contribution >= 4 is 19.9 Å². The first-order chi connectivity index (χ1) is 9.67. The van der Waals surface area contributed by atoms with Crippen LogP contribution in [0.4, 0.5) is 0 Å². The monoisotopic (exact) mass is 330 g/mol. The van der Waals surface area contributed by atoms with E-state index in [0.717, 1.165) is 4.31 Å². The van der Waals surface area contributed by atoms with Gasteiger partial charge in [-0.1, -0.05) is 6.07 Å². The molecular formula is C12H14N2O5S2. The minimum Gasteiger partial charge on any atom is -0.390 e. The minimum absolute atomic E-state index is 0.111. The van der Waals surface area contributed by atoms with Gasteiger partial charge in [-0.15, -0.1) is 0 Å². The van der Waals surface area contributed by atoms with Gasteiger partial charge in [-0.3, -0.25) is 0 Å². The normalized spacial score (nSPS) is 24.9. The maximum Gasteiger partial charge on any atom is 0.243 e. The fourth-order valence-electron chi connectivity index (χ4n) is 2.23. The van der Waals surface area contributed by atoms with E-state index in [0.29, 0.717) is 0 Å². The zero-order valence-corrected chi connectivity index (χ0v) is 12.8. The number of hydrogen-bond donors (Lipinski definition) is 1. The molecular weight excluding hydrogens is 316 g/mol. The quantitative estimate of drug-likeness (QED) is 0.786. The Labute approximate surface area is 123 Å². The van der Waals surface area contributed by atoms with Crippen molar-refractivity contribution in [3.63, 3.8) is 0 Å². The second-order valence-corrected chi connectivity index (χ2v) is 9.02. The Morgan fingerprint density at radius 3 is 2.57 bits per heavy atom. The van der Waals surface area contributed by atoms with E-state index in [9.17, 15) is 21.9 Å². The van der Waals surface area contributed by atoms with Gasteiger partial charge in [-0.2, -0.15) is 9.57 Å². The Kier molecular flexibility index (Phi) is 4.08. The van der Waals surface area contributed by atoms with E-state index in [1.807, 2.05) is 6.07 Å². The van der Waals surface area contributed by atoms with Crippen molar-refractivity contribution in [3.05, 3.63) is 29.8 Å². The first-order valence-corrected chi connectivity index (χ1v) is 9.30. The molecule has 0 amide bonds. The van der Waals surface area contributed by atoms with Crippen molar-refractivity contribution in [2.24, 2.45) is 0 Å². The molecule has 0 aliphatic carbocycles. The predicted octanol–water partition coefficient (Wildman–Crippen LogP) is -0.663. The highest BCUT2D eigenvalue weighted by Gasteiger charge is 2.42. The largest absolute Gasteiger partial charge is 0.390 e. The van der Waals surface area contributed by atoms with Crippen LogP contribution in [0.15, 0.2) is 29.2 Å². The molecule has 0 unspecified atom stereocenters. The molecule has 1 heterocycles. The van der Waals surface area contributed by atoms with Gasteiger partial charge in [-0.05, 0) is 18.2 Å². The Bertz CT molecular complexity index is 795. The summed E-state index contributed by atoms with van der Waals surface area (Å²) in [6, 6.07) is 6.25. The molecule has 1 aromatic carbocycles. The summed E-state index contributed by atoms with van der Waals surface area (Å²) in [6.45, 7) is 0. The fraction of sp³-hybridized carbons (Fsp3) is 0.417. The van der Waals surface area contributed by atoms with Crippen molar-refractivity contribution in [2.45, 2.75) is 17.0 Å². The Hall–Kier alpha value is -1.47. The van der Waals surface area contributed by atoms with Gasteiger partial charge in [0.05, 0.1) is 40.2 Å². The molecule has 9 heteroatoms. The van der Waals surface area contributed by atoms with E-state index in [1.165, 1.54) is 31.3 Å². The average molecular weight is 330 g/mol. The van der Waals surface area contributed by atoms with Crippen LogP contribution in [0.3, 0.4) is 0 Å². The second-order valence-electron chi connectivity index (χ2n) is 4.87. The van der Waals surface area contributed by atoms with Crippen LogP contribution in [0.2, 0.25) is 0 Å². The van der Waals surface area contributed by atoms with E-state index < -0.39 is 43.5 Å². The Morgan fingerprint density at radius 1 is 1.38 bits per heavy atom. The van der Waals surface area contributed by atoms with Crippen molar-refractivity contribution in [2.75, 3.05) is 18.6 Å². The maximum atomic E-state index is 12.5. The van der Waals surface area contributed by atoms with E-state index in [4.69, 9.17) is 5.26 Å². The fourth-order valence-corrected chi connectivity index (χ4v) is 5.60. The lowest BCUT2D eigenvalue weighted by atomic mass is 10.2. The number of benzene rings is 1. The van der Waals surface area contributed by atoms with Crippen molar-refractivity contribution < 1.29 is 21.9 Å². The molecule has 0 bridgehead atoms. The zero-order chi connectivity index (χ0) is 15.8. The third-order valence-electron chi connectivity index (χ3n) is 3.40. The van der Waals surface area contributed by atoms with E-state index in [1.54, 1.807) is 0 Å². The van der Waals surface area contributed by atoms with Gasteiger partial charge >= 0.3 is 0 Å². The number of aliphatic hydroxyl groups is 1. The smallest absolute Gasteiger partial charge is 0.243 e. The Balaban J connectivity index is 2.38. The van der Waals surface area contributed by atoms with Crippen molar-refractivity contribution in [1.82, 2.24) is 4.31 Å². The summed E-state index contributed by atoms with van der Waals surface area (Å²) in [5, 5.41) is 18.6. The SMILES string of the molecule is CN([C@@H]1CS(=O)(=O)C[C@H]1O)S(=O)(=O)c1cccc(C#N)c1. The highest BCUT2D eigenvalue weighted by atomic mass is 32.2. The van der Waals surface area contributed by atoms with Gasteiger partial charge in [-0.25, -0.2) is 16.8 Å². The standard InChI is InChI=1S/C12H14N2O5S2/c1-14(11-7-20(16,17)8-12(11)15)21(18,19)10-4-2-3-9(5-10)6-13/h2-5,11-12,15H,7-8H2,1H3/t11-,12-/m1/s1. The van der Waals surface area contributed by atoms with Gasteiger partial charge in [0.25, 0.3) is 0 Å². The molecule has 2 rings (SSSR count). The first-order valence-electron chi connectivity index (χ1n) is 6.04. The van der Waals surface area contributed by atoms with Crippen molar-refractivity contribution in [1.29, 1.82) is 5.26 Å². The molecule has 114 valence electrons. The van der Waals surface area contributed by atoms with Gasteiger partial charge < -0.3 is 5.11 Å². The van der Waals surface area contributed by atoms with Crippen LogP contribution in [0.25, 0.3) is 0 Å². The minimum atomic E-state index is -3.98. The van der Waals surface area contributed by atoms with Crippen LogP contribution in [0, 0.1) is 11.3 Å². The summed E-state index contributed by atoms with van der Waals surface area (Å²) in [6.07, 6.45) is -1.26. The molecule has 1 saturated heterocycles. The highest BCUT2D eigenvalue weighted by Crippen LogP contribution is 2.24. The van der Waals surface area contributed by atoms with Gasteiger partial charge in [0.2, 0.25) is 10.0 Å². The van der Waals surface area contributed by atoms with E-state index in [-0.39, 0.29) is 10.5 Å². The third-order valence-corrected chi connectivity index (χ3v) is 6.98. The van der Waals surface area contributed by atoms with Crippen LogP contribution < -0.4 is 0 Å². The van der Waals surface area contributed by atoms with Crippen LogP contribution in [0.5, 0.6) is 0 Å². The topological polar surface area (TPSA) is 116 Å².